The average molecular weight is 323 g/mol. The fourth-order valence-corrected chi connectivity index (χ4v) is 2.21. The molecule has 0 aliphatic heterocycles. The molecule has 2 aromatic rings. The zero-order chi connectivity index (χ0) is 16.3. The van der Waals surface area contributed by atoms with Gasteiger partial charge in [0.15, 0.2) is 5.75 Å². The SMILES string of the molecule is Cc1cccc(-c2cccc(Cl)c2OC(=O)O)c1OC(=O)O. The van der Waals surface area contributed by atoms with E-state index in [4.69, 9.17) is 31.3 Å². The van der Waals surface area contributed by atoms with Crippen molar-refractivity contribution < 1.29 is 29.3 Å². The van der Waals surface area contributed by atoms with Gasteiger partial charge in [-0.3, -0.25) is 0 Å². The Morgan fingerprint density at radius 2 is 1.41 bits per heavy atom. The van der Waals surface area contributed by atoms with Crippen LogP contribution in [0.3, 0.4) is 0 Å². The second-order valence-corrected chi connectivity index (χ2v) is 4.71. The van der Waals surface area contributed by atoms with Crippen LogP contribution in [0.1, 0.15) is 5.56 Å². The van der Waals surface area contributed by atoms with Gasteiger partial charge in [0.05, 0.1) is 5.02 Å². The van der Waals surface area contributed by atoms with E-state index in [1.165, 1.54) is 6.07 Å². The molecule has 2 aromatic carbocycles. The van der Waals surface area contributed by atoms with E-state index in [1.807, 2.05) is 0 Å². The summed E-state index contributed by atoms with van der Waals surface area (Å²) in [6, 6.07) is 9.57. The summed E-state index contributed by atoms with van der Waals surface area (Å²) in [7, 11) is 0. The molecule has 0 heterocycles. The highest BCUT2D eigenvalue weighted by molar-refractivity contribution is 6.32. The molecule has 2 rings (SSSR count). The van der Waals surface area contributed by atoms with Crippen LogP contribution in [0.4, 0.5) is 9.59 Å². The molecule has 6 nitrogen and oxygen atoms in total. The van der Waals surface area contributed by atoms with Crippen molar-refractivity contribution in [2.45, 2.75) is 6.92 Å². The molecule has 0 aromatic heterocycles. The predicted octanol–water partition coefficient (Wildman–Crippen LogP) is 4.43. The molecule has 0 atom stereocenters. The van der Waals surface area contributed by atoms with E-state index in [9.17, 15) is 9.59 Å². The first kappa shape index (κ1) is 15.7. The predicted molar refractivity (Wildman–Crippen MR) is 78.9 cm³/mol. The third-order valence-electron chi connectivity index (χ3n) is 2.85. The number of carbonyl (C=O) groups is 2. The van der Waals surface area contributed by atoms with Gasteiger partial charge in [0.1, 0.15) is 5.75 Å². The van der Waals surface area contributed by atoms with Crippen molar-refractivity contribution in [3.63, 3.8) is 0 Å². The molecular weight excluding hydrogens is 312 g/mol. The van der Waals surface area contributed by atoms with E-state index in [0.29, 0.717) is 16.7 Å². The van der Waals surface area contributed by atoms with Crippen molar-refractivity contribution in [3.05, 3.63) is 47.0 Å². The van der Waals surface area contributed by atoms with Gasteiger partial charge < -0.3 is 19.7 Å². The van der Waals surface area contributed by atoms with Gasteiger partial charge in [-0.2, -0.15) is 0 Å². The number of halogens is 1. The molecule has 0 saturated carbocycles. The van der Waals surface area contributed by atoms with Crippen LogP contribution >= 0.6 is 11.6 Å². The van der Waals surface area contributed by atoms with Crippen LogP contribution in [0, 0.1) is 6.92 Å². The topological polar surface area (TPSA) is 93.1 Å². The lowest BCUT2D eigenvalue weighted by molar-refractivity contribution is 0.142. The number of aryl methyl sites for hydroxylation is 1. The van der Waals surface area contributed by atoms with Crippen LogP contribution in [0.15, 0.2) is 36.4 Å². The fraction of sp³-hybridized carbons (Fsp3) is 0.0667. The fourth-order valence-electron chi connectivity index (χ4n) is 2.00. The van der Waals surface area contributed by atoms with Crippen molar-refractivity contribution in [2.75, 3.05) is 0 Å². The molecule has 0 amide bonds. The molecule has 0 saturated heterocycles. The lowest BCUT2D eigenvalue weighted by Gasteiger charge is -2.14. The highest BCUT2D eigenvalue weighted by atomic mass is 35.5. The normalized spacial score (nSPS) is 10.1. The monoisotopic (exact) mass is 322 g/mol. The standard InChI is InChI=1S/C15H11ClO6/c1-8-4-2-5-9(12(8)21-14(17)18)10-6-3-7-11(16)13(10)22-15(19)20/h2-7H,1H3,(H,17,18)(H,19,20). The van der Waals surface area contributed by atoms with Crippen LogP contribution in [-0.2, 0) is 0 Å². The van der Waals surface area contributed by atoms with Gasteiger partial charge in [-0.15, -0.1) is 0 Å². The number of hydrogen-bond acceptors (Lipinski definition) is 4. The Morgan fingerprint density at radius 1 is 0.909 bits per heavy atom. The van der Waals surface area contributed by atoms with Gasteiger partial charge in [0, 0.05) is 11.1 Å². The maximum atomic E-state index is 10.9. The van der Waals surface area contributed by atoms with Crippen molar-refractivity contribution in [3.8, 4) is 22.6 Å². The second kappa shape index (κ2) is 6.36. The van der Waals surface area contributed by atoms with E-state index in [-0.39, 0.29) is 16.5 Å². The Morgan fingerprint density at radius 3 is 2.00 bits per heavy atom. The summed E-state index contributed by atoms with van der Waals surface area (Å²) in [5, 5.41) is 17.8. The summed E-state index contributed by atoms with van der Waals surface area (Å²) < 4.78 is 9.51. The molecule has 0 bridgehead atoms. The molecule has 114 valence electrons. The minimum atomic E-state index is -1.53. The highest BCUT2D eigenvalue weighted by Crippen LogP contribution is 2.41. The first-order chi connectivity index (χ1) is 10.4. The van der Waals surface area contributed by atoms with Gasteiger partial charge in [0.2, 0.25) is 0 Å². The number of benzene rings is 2. The molecule has 0 aliphatic rings. The molecule has 22 heavy (non-hydrogen) atoms. The van der Waals surface area contributed by atoms with Crippen LogP contribution in [0.5, 0.6) is 11.5 Å². The minimum absolute atomic E-state index is 0.0856. The van der Waals surface area contributed by atoms with E-state index >= 15 is 0 Å². The molecule has 0 radical (unpaired) electrons. The number of para-hydroxylation sites is 2. The van der Waals surface area contributed by atoms with Gasteiger partial charge in [0.25, 0.3) is 0 Å². The van der Waals surface area contributed by atoms with Crippen LogP contribution in [0.2, 0.25) is 5.02 Å². The summed E-state index contributed by atoms with van der Waals surface area (Å²) in [5.74, 6) is 0.00464. The van der Waals surface area contributed by atoms with Crippen molar-refractivity contribution in [1.29, 1.82) is 0 Å². The third-order valence-corrected chi connectivity index (χ3v) is 3.15. The largest absolute Gasteiger partial charge is 0.511 e. The first-order valence-electron chi connectivity index (χ1n) is 6.10. The van der Waals surface area contributed by atoms with E-state index < -0.39 is 12.3 Å². The molecule has 0 fully saturated rings. The van der Waals surface area contributed by atoms with Crippen LogP contribution < -0.4 is 9.47 Å². The van der Waals surface area contributed by atoms with Gasteiger partial charge >= 0.3 is 12.3 Å². The van der Waals surface area contributed by atoms with Gasteiger partial charge in [-0.25, -0.2) is 9.59 Å². The van der Waals surface area contributed by atoms with Crippen LogP contribution in [-0.4, -0.2) is 22.5 Å². The van der Waals surface area contributed by atoms with E-state index in [0.717, 1.165) is 0 Å². The Kier molecular flexibility index (Phi) is 4.53. The number of hydrogen-bond donors (Lipinski definition) is 2. The second-order valence-electron chi connectivity index (χ2n) is 4.30. The number of rotatable bonds is 3. The molecule has 0 spiro atoms. The minimum Gasteiger partial charge on any atom is -0.449 e. The first-order valence-corrected chi connectivity index (χ1v) is 6.48. The maximum absolute atomic E-state index is 10.9. The van der Waals surface area contributed by atoms with Gasteiger partial charge in [-0.05, 0) is 18.6 Å². The molecule has 0 aliphatic carbocycles. The smallest absolute Gasteiger partial charge is 0.449 e. The molecule has 7 heteroatoms. The summed E-state index contributed by atoms with van der Waals surface area (Å²) in [4.78, 5) is 21.7. The highest BCUT2D eigenvalue weighted by Gasteiger charge is 2.19. The molecule has 2 N–H and O–H groups in total. The summed E-state index contributed by atoms with van der Waals surface area (Å²) >= 11 is 5.98. The van der Waals surface area contributed by atoms with Crippen molar-refractivity contribution >= 4 is 23.9 Å². The van der Waals surface area contributed by atoms with Crippen molar-refractivity contribution in [1.82, 2.24) is 0 Å². The Balaban J connectivity index is 2.66. The Bertz CT molecular complexity index is 677. The number of carboxylic acid groups (broad SMARTS) is 2. The summed E-state index contributed by atoms with van der Waals surface area (Å²) in [6.45, 7) is 1.67. The van der Waals surface area contributed by atoms with E-state index in [1.54, 1.807) is 37.3 Å². The van der Waals surface area contributed by atoms with E-state index in [2.05, 4.69) is 0 Å². The zero-order valence-electron chi connectivity index (χ0n) is 11.4. The average Bonchev–Trinajstić information content (AvgIpc) is 2.43. The lowest BCUT2D eigenvalue weighted by atomic mass is 10.0. The van der Waals surface area contributed by atoms with Crippen molar-refractivity contribution in [2.24, 2.45) is 0 Å². The Hall–Kier alpha value is -2.73. The number of ether oxygens (including phenoxy) is 2. The molecular formula is C15H11ClO6. The van der Waals surface area contributed by atoms with Crippen LogP contribution in [0.25, 0.3) is 11.1 Å². The zero-order valence-corrected chi connectivity index (χ0v) is 12.1. The Labute approximate surface area is 130 Å². The summed E-state index contributed by atoms with van der Waals surface area (Å²) in [5.41, 5.74) is 1.25. The maximum Gasteiger partial charge on any atom is 0.511 e. The quantitative estimate of drug-likeness (QED) is 0.641. The lowest BCUT2D eigenvalue weighted by Crippen LogP contribution is -2.07. The summed E-state index contributed by atoms with van der Waals surface area (Å²) in [6.07, 6.45) is -3.00. The third kappa shape index (κ3) is 3.29. The molecule has 0 unspecified atom stereocenters. The van der Waals surface area contributed by atoms with Gasteiger partial charge in [-0.1, -0.05) is 41.9 Å².